The smallest absolute Gasteiger partial charge is 0.223 e. The number of Topliss-reactive ketones (excluding diaryl/α,β-unsaturated/α-hetero) is 1. The van der Waals surface area contributed by atoms with E-state index in [2.05, 4.69) is 5.32 Å². The number of benzene rings is 1. The van der Waals surface area contributed by atoms with Gasteiger partial charge in [0.05, 0.1) is 6.54 Å². The van der Waals surface area contributed by atoms with Gasteiger partial charge < -0.3 is 5.32 Å². The van der Waals surface area contributed by atoms with Crippen LogP contribution >= 0.6 is 0 Å². The first kappa shape index (κ1) is 16.4. The zero-order valence-corrected chi connectivity index (χ0v) is 11.7. The normalized spacial score (nSPS) is 10.9. The Morgan fingerprint density at radius 3 is 2.22 bits per heavy atom. The molecule has 1 N–H and O–H groups in total. The Morgan fingerprint density at radius 1 is 1.17 bits per heavy atom. The molecule has 3 nitrogen and oxygen atoms in total. The van der Waals surface area contributed by atoms with Crippen LogP contribution in [0.25, 0.3) is 0 Å². The van der Waals surface area contributed by atoms with Crippen LogP contribution in [-0.4, -0.2) is 18.2 Å². The van der Waals surface area contributed by atoms with E-state index in [1.165, 1.54) is 6.92 Å². The summed E-state index contributed by atoms with van der Waals surface area (Å²) in [5.74, 6) is -0.207. The van der Waals surface area contributed by atoms with Gasteiger partial charge in [0.2, 0.25) is 5.91 Å². The molecule has 0 unspecified atom stereocenters. The Labute approximate surface area is 110 Å². The molecule has 0 aliphatic carbocycles. The van der Waals surface area contributed by atoms with Crippen LogP contribution in [0.3, 0.4) is 0 Å². The molecule has 100 valence electrons. The van der Waals surface area contributed by atoms with Crippen LogP contribution in [0.4, 0.5) is 0 Å². The van der Waals surface area contributed by atoms with Crippen molar-refractivity contribution in [2.75, 3.05) is 6.54 Å². The van der Waals surface area contributed by atoms with Crippen LogP contribution < -0.4 is 5.32 Å². The van der Waals surface area contributed by atoms with Gasteiger partial charge in [-0.25, -0.2) is 0 Å². The Balaban J connectivity index is 0.00000137. The van der Waals surface area contributed by atoms with Crippen LogP contribution in [0.15, 0.2) is 30.3 Å². The summed E-state index contributed by atoms with van der Waals surface area (Å²) in [6.45, 7) is 7.45. The first-order chi connectivity index (χ1) is 8.59. The number of carbonyl (C=O) groups is 2. The predicted molar refractivity (Wildman–Crippen MR) is 74.3 cm³/mol. The van der Waals surface area contributed by atoms with Gasteiger partial charge in [0.15, 0.2) is 0 Å². The van der Waals surface area contributed by atoms with Gasteiger partial charge >= 0.3 is 0 Å². The molecular weight excluding hydrogens is 226 g/mol. The predicted octanol–water partition coefficient (Wildman–Crippen LogP) is 2.60. The van der Waals surface area contributed by atoms with E-state index in [1.54, 1.807) is 0 Å². The van der Waals surface area contributed by atoms with E-state index in [4.69, 9.17) is 0 Å². The summed E-state index contributed by atoms with van der Waals surface area (Å²) in [4.78, 5) is 22.3. The van der Waals surface area contributed by atoms with Gasteiger partial charge in [0.1, 0.15) is 5.78 Å². The number of hydrogen-bond donors (Lipinski definition) is 1. The molecule has 0 spiro atoms. The summed E-state index contributed by atoms with van der Waals surface area (Å²) in [5, 5.41) is 2.61. The number of hydrogen-bond acceptors (Lipinski definition) is 2. The number of nitrogens with one attached hydrogen (secondary N) is 1. The lowest BCUT2D eigenvalue weighted by atomic mass is 10.0. The first-order valence-electron chi connectivity index (χ1n) is 6.40. The van der Waals surface area contributed by atoms with Crippen LogP contribution in [0, 0.1) is 5.92 Å². The van der Waals surface area contributed by atoms with Gasteiger partial charge in [-0.1, -0.05) is 51.1 Å². The average molecular weight is 249 g/mol. The summed E-state index contributed by atoms with van der Waals surface area (Å²) >= 11 is 0. The molecule has 0 radical (unpaired) electrons. The Bertz CT molecular complexity index is 360. The molecule has 0 saturated carbocycles. The first-order valence-corrected chi connectivity index (χ1v) is 6.40. The van der Waals surface area contributed by atoms with Crippen LogP contribution in [-0.2, 0) is 16.0 Å². The van der Waals surface area contributed by atoms with E-state index in [9.17, 15) is 9.59 Å². The highest BCUT2D eigenvalue weighted by Crippen LogP contribution is 2.07. The zero-order valence-electron chi connectivity index (χ0n) is 11.7. The van der Waals surface area contributed by atoms with Crippen molar-refractivity contribution in [3.63, 3.8) is 0 Å². The minimum Gasteiger partial charge on any atom is -0.349 e. The monoisotopic (exact) mass is 249 g/mol. The maximum atomic E-state index is 11.6. The number of ketones is 1. The van der Waals surface area contributed by atoms with Crippen molar-refractivity contribution in [1.29, 1.82) is 0 Å². The lowest BCUT2D eigenvalue weighted by Gasteiger charge is -2.11. The van der Waals surface area contributed by atoms with E-state index in [0.717, 1.165) is 5.56 Å². The van der Waals surface area contributed by atoms with E-state index >= 15 is 0 Å². The summed E-state index contributed by atoms with van der Waals surface area (Å²) in [6, 6.07) is 9.85. The van der Waals surface area contributed by atoms with Crippen molar-refractivity contribution < 1.29 is 9.59 Å². The summed E-state index contributed by atoms with van der Waals surface area (Å²) in [7, 11) is 0. The lowest BCUT2D eigenvalue weighted by Crippen LogP contribution is -2.33. The molecule has 0 saturated heterocycles. The fraction of sp³-hybridized carbons (Fsp3) is 0.467. The van der Waals surface area contributed by atoms with Crippen molar-refractivity contribution >= 4 is 11.7 Å². The minimum atomic E-state index is -0.109. The number of rotatable bonds is 5. The molecule has 1 amide bonds. The number of carbonyl (C=O) groups excluding carboxylic acids is 2. The second kappa shape index (κ2) is 9.40. The van der Waals surface area contributed by atoms with E-state index in [1.807, 2.05) is 51.1 Å². The maximum absolute atomic E-state index is 11.6. The Kier molecular flexibility index (Phi) is 8.54. The van der Waals surface area contributed by atoms with Gasteiger partial charge in [-0.15, -0.1) is 0 Å². The highest BCUT2D eigenvalue weighted by molar-refractivity contribution is 5.85. The largest absolute Gasteiger partial charge is 0.349 e. The fourth-order valence-corrected chi connectivity index (χ4v) is 1.45. The van der Waals surface area contributed by atoms with Gasteiger partial charge in [-0.05, 0) is 18.9 Å². The number of amides is 1. The molecule has 0 aliphatic heterocycles. The molecule has 1 rings (SSSR count). The average Bonchev–Trinajstić information content (AvgIpc) is 2.39. The topological polar surface area (TPSA) is 46.2 Å². The Morgan fingerprint density at radius 2 is 1.72 bits per heavy atom. The van der Waals surface area contributed by atoms with Gasteiger partial charge in [0, 0.05) is 5.92 Å². The molecule has 1 aromatic carbocycles. The summed E-state index contributed by atoms with van der Waals surface area (Å²) in [5.41, 5.74) is 1.13. The van der Waals surface area contributed by atoms with Crippen molar-refractivity contribution in [2.24, 2.45) is 5.92 Å². The molecule has 18 heavy (non-hydrogen) atoms. The van der Waals surface area contributed by atoms with Crippen molar-refractivity contribution in [2.45, 2.75) is 34.1 Å². The lowest BCUT2D eigenvalue weighted by molar-refractivity contribution is -0.127. The molecule has 0 aliphatic rings. The van der Waals surface area contributed by atoms with Gasteiger partial charge in [-0.3, -0.25) is 9.59 Å². The highest BCUT2D eigenvalue weighted by Gasteiger charge is 2.13. The third kappa shape index (κ3) is 6.84. The van der Waals surface area contributed by atoms with Gasteiger partial charge in [0.25, 0.3) is 0 Å². The SMILES string of the molecule is CC.CC(=O)CNC(=O)[C@@H](C)Cc1ccccc1. The highest BCUT2D eigenvalue weighted by atomic mass is 16.2. The summed E-state index contributed by atoms with van der Waals surface area (Å²) in [6.07, 6.45) is 0.699. The third-order valence-corrected chi connectivity index (χ3v) is 2.34. The third-order valence-electron chi connectivity index (χ3n) is 2.34. The van der Waals surface area contributed by atoms with Crippen LogP contribution in [0.2, 0.25) is 0 Å². The quantitative estimate of drug-likeness (QED) is 0.872. The zero-order chi connectivity index (χ0) is 14.0. The molecule has 0 heterocycles. The van der Waals surface area contributed by atoms with E-state index in [0.29, 0.717) is 6.42 Å². The molecule has 0 bridgehead atoms. The van der Waals surface area contributed by atoms with Crippen molar-refractivity contribution in [3.05, 3.63) is 35.9 Å². The second-order valence-corrected chi connectivity index (χ2v) is 4.01. The molecule has 0 fully saturated rings. The molecule has 1 atom stereocenters. The van der Waals surface area contributed by atoms with Crippen molar-refractivity contribution in [3.8, 4) is 0 Å². The minimum absolute atomic E-state index is 0.0275. The molecule has 3 heteroatoms. The Hall–Kier alpha value is -1.64. The molecule has 0 aromatic heterocycles. The summed E-state index contributed by atoms with van der Waals surface area (Å²) < 4.78 is 0. The molecular formula is C15H23NO2. The van der Waals surface area contributed by atoms with E-state index < -0.39 is 0 Å². The second-order valence-electron chi connectivity index (χ2n) is 4.01. The molecule has 1 aromatic rings. The standard InChI is InChI=1S/C13H17NO2.C2H6/c1-10(13(16)14-9-11(2)15)8-12-6-4-3-5-7-12;1-2/h3-7,10H,8-9H2,1-2H3,(H,14,16);1-2H3/t10-;/m0./s1. The van der Waals surface area contributed by atoms with Gasteiger partial charge in [-0.2, -0.15) is 0 Å². The maximum Gasteiger partial charge on any atom is 0.223 e. The van der Waals surface area contributed by atoms with Crippen molar-refractivity contribution in [1.82, 2.24) is 5.32 Å². The van der Waals surface area contributed by atoms with E-state index in [-0.39, 0.29) is 24.2 Å². The van der Waals surface area contributed by atoms with Crippen LogP contribution in [0.5, 0.6) is 0 Å². The van der Waals surface area contributed by atoms with Crippen LogP contribution in [0.1, 0.15) is 33.3 Å². The fourth-order valence-electron chi connectivity index (χ4n) is 1.45.